The Morgan fingerprint density at radius 1 is 1.10 bits per heavy atom. The molecule has 1 aliphatic heterocycles. The van der Waals surface area contributed by atoms with Crippen LogP contribution in [0.3, 0.4) is 0 Å². The number of amides is 2. The average molecular weight is 415 g/mol. The number of fused-ring (bicyclic) bond motifs is 1. The van der Waals surface area contributed by atoms with Crippen LogP contribution >= 0.6 is 0 Å². The lowest BCUT2D eigenvalue weighted by Crippen LogP contribution is -2.45. The molecule has 30 heavy (non-hydrogen) atoms. The van der Waals surface area contributed by atoms with Gasteiger partial charge in [-0.15, -0.1) is 0 Å². The number of benzene rings is 1. The fourth-order valence-electron chi connectivity index (χ4n) is 3.43. The van der Waals surface area contributed by atoms with Crippen LogP contribution in [0.25, 0.3) is 11.0 Å². The molecule has 0 bridgehead atoms. The second-order valence-electron chi connectivity index (χ2n) is 6.95. The predicted octanol–water partition coefficient (Wildman–Crippen LogP) is 0.0369. The van der Waals surface area contributed by atoms with Crippen molar-refractivity contribution in [2.24, 2.45) is 7.05 Å². The number of rotatable bonds is 7. The van der Waals surface area contributed by atoms with Gasteiger partial charge in [0, 0.05) is 26.1 Å². The number of imide groups is 1. The van der Waals surface area contributed by atoms with Crippen molar-refractivity contribution in [2.75, 3.05) is 40.1 Å². The minimum absolute atomic E-state index is 0.0176. The van der Waals surface area contributed by atoms with Crippen molar-refractivity contribution in [3.63, 3.8) is 0 Å². The number of aromatic nitrogens is 2. The summed E-state index contributed by atoms with van der Waals surface area (Å²) in [6.07, 6.45) is 0.534. The third-order valence-corrected chi connectivity index (χ3v) is 5.04. The second kappa shape index (κ2) is 9.71. The van der Waals surface area contributed by atoms with Crippen LogP contribution in [-0.2, 0) is 26.1 Å². The zero-order valence-electron chi connectivity index (χ0n) is 17.1. The average Bonchev–Trinajstić information content (AvgIpc) is 2.99. The van der Waals surface area contributed by atoms with Crippen LogP contribution in [0.1, 0.15) is 24.4 Å². The number of aliphatic hydroxyl groups is 1. The van der Waals surface area contributed by atoms with Gasteiger partial charge >= 0.3 is 5.69 Å². The first-order valence-corrected chi connectivity index (χ1v) is 9.72. The lowest BCUT2D eigenvalue weighted by Gasteiger charge is -2.28. The Labute approximate surface area is 173 Å². The smallest absolute Gasteiger partial charge is 0.329 e. The maximum Gasteiger partial charge on any atom is 0.329 e. The van der Waals surface area contributed by atoms with E-state index in [-0.39, 0.29) is 43.7 Å². The first-order chi connectivity index (χ1) is 14.5. The van der Waals surface area contributed by atoms with Crippen molar-refractivity contribution in [2.45, 2.75) is 18.9 Å². The van der Waals surface area contributed by atoms with E-state index in [4.69, 9.17) is 14.6 Å². The van der Waals surface area contributed by atoms with Crippen molar-refractivity contribution in [1.29, 1.82) is 0 Å². The van der Waals surface area contributed by atoms with Gasteiger partial charge in [-0.05, 0) is 24.6 Å². The molecule has 2 aromatic rings. The van der Waals surface area contributed by atoms with Gasteiger partial charge in [-0.3, -0.25) is 23.6 Å². The molecular formula is C21H25N3O6. The normalized spacial score (nSPS) is 16.8. The van der Waals surface area contributed by atoms with Crippen LogP contribution in [-0.4, -0.2) is 71.0 Å². The van der Waals surface area contributed by atoms with E-state index in [1.54, 1.807) is 25.2 Å². The minimum atomic E-state index is -0.692. The van der Waals surface area contributed by atoms with Gasteiger partial charge in [0.15, 0.2) is 0 Å². The van der Waals surface area contributed by atoms with Gasteiger partial charge < -0.3 is 14.6 Å². The van der Waals surface area contributed by atoms with Crippen molar-refractivity contribution < 1.29 is 24.2 Å². The standard InChI is InChI=1S/C21H25N3O6/c1-22-18-14-15(4-3-10-29-12-13-30-11-9-25)5-6-16(18)24(21(22)28)17-7-8-19(26)23(2)20(17)27/h5-6,14,17,25H,7-13H2,1-2H3. The molecule has 1 fully saturated rings. The van der Waals surface area contributed by atoms with Crippen LogP contribution < -0.4 is 5.69 Å². The van der Waals surface area contributed by atoms with Gasteiger partial charge in [0.2, 0.25) is 5.91 Å². The summed E-state index contributed by atoms with van der Waals surface area (Å²) in [5, 5.41) is 8.61. The third-order valence-electron chi connectivity index (χ3n) is 5.04. The molecule has 2 heterocycles. The summed E-state index contributed by atoms with van der Waals surface area (Å²) in [5.41, 5.74) is 1.71. The molecular weight excluding hydrogens is 390 g/mol. The Hall–Kier alpha value is -2.93. The van der Waals surface area contributed by atoms with Gasteiger partial charge in [-0.25, -0.2) is 4.79 Å². The van der Waals surface area contributed by atoms with Crippen LogP contribution in [0.15, 0.2) is 23.0 Å². The molecule has 9 nitrogen and oxygen atoms in total. The number of nitrogens with zero attached hydrogens (tertiary/aromatic N) is 3. The second-order valence-corrected chi connectivity index (χ2v) is 6.95. The van der Waals surface area contributed by atoms with E-state index in [0.29, 0.717) is 30.7 Å². The van der Waals surface area contributed by atoms with E-state index >= 15 is 0 Å². The molecule has 3 rings (SSSR count). The van der Waals surface area contributed by atoms with E-state index in [9.17, 15) is 14.4 Å². The summed E-state index contributed by atoms with van der Waals surface area (Å²) in [5.74, 6) is 5.30. The number of carbonyl (C=O) groups is 2. The van der Waals surface area contributed by atoms with Crippen molar-refractivity contribution in [1.82, 2.24) is 14.0 Å². The minimum Gasteiger partial charge on any atom is -0.394 e. The first kappa shape index (κ1) is 21.8. The monoisotopic (exact) mass is 415 g/mol. The molecule has 9 heteroatoms. The van der Waals surface area contributed by atoms with E-state index in [1.807, 2.05) is 0 Å². The number of piperidine rings is 1. The Kier molecular flexibility index (Phi) is 7.05. The van der Waals surface area contributed by atoms with Gasteiger partial charge in [0.25, 0.3) is 5.91 Å². The molecule has 0 spiro atoms. The fourth-order valence-corrected chi connectivity index (χ4v) is 3.43. The molecule has 1 atom stereocenters. The number of ether oxygens (including phenoxy) is 2. The van der Waals surface area contributed by atoms with E-state index < -0.39 is 6.04 Å². The highest BCUT2D eigenvalue weighted by atomic mass is 16.5. The predicted molar refractivity (Wildman–Crippen MR) is 109 cm³/mol. The molecule has 2 amide bonds. The van der Waals surface area contributed by atoms with Gasteiger partial charge in [0.05, 0.1) is 37.5 Å². The summed E-state index contributed by atoms with van der Waals surface area (Å²) in [6.45, 7) is 1.28. The van der Waals surface area contributed by atoms with Crippen LogP contribution in [0.5, 0.6) is 0 Å². The number of likely N-dealkylation sites (N-methyl/N-ethyl adjacent to an activating group) is 1. The lowest BCUT2D eigenvalue weighted by atomic mass is 10.0. The Morgan fingerprint density at radius 3 is 2.63 bits per heavy atom. The topological polar surface area (TPSA) is 103 Å². The summed E-state index contributed by atoms with van der Waals surface area (Å²) in [6, 6.07) is 4.67. The molecule has 1 aromatic heterocycles. The SMILES string of the molecule is CN1C(=O)CCC(n2c(=O)n(C)c3cc(C#CCOCCOCCO)ccc32)C1=O. The quantitative estimate of drug-likeness (QED) is 0.389. The molecule has 160 valence electrons. The molecule has 0 saturated carbocycles. The Bertz CT molecular complexity index is 1060. The van der Waals surface area contributed by atoms with Gasteiger partial charge in [0.1, 0.15) is 12.6 Å². The van der Waals surface area contributed by atoms with Crippen molar-refractivity contribution in [3.05, 3.63) is 34.2 Å². The largest absolute Gasteiger partial charge is 0.394 e. The summed E-state index contributed by atoms with van der Waals surface area (Å²) in [7, 11) is 3.09. The number of aliphatic hydroxyl groups excluding tert-OH is 1. The van der Waals surface area contributed by atoms with Gasteiger partial charge in [-0.2, -0.15) is 0 Å². The van der Waals surface area contributed by atoms with Crippen LogP contribution in [0, 0.1) is 11.8 Å². The first-order valence-electron chi connectivity index (χ1n) is 9.72. The number of carbonyl (C=O) groups excluding carboxylic acids is 2. The molecule has 1 aliphatic rings. The van der Waals surface area contributed by atoms with E-state index in [0.717, 1.165) is 10.5 Å². The highest BCUT2D eigenvalue weighted by molar-refractivity contribution is 5.99. The zero-order valence-corrected chi connectivity index (χ0v) is 17.1. The molecule has 1 N–H and O–H groups in total. The Balaban J connectivity index is 1.77. The van der Waals surface area contributed by atoms with Gasteiger partial charge in [-0.1, -0.05) is 11.8 Å². The maximum absolute atomic E-state index is 12.8. The molecule has 1 unspecified atom stereocenters. The fraction of sp³-hybridized carbons (Fsp3) is 0.476. The number of likely N-dealkylation sites (tertiary alicyclic amines) is 1. The summed E-state index contributed by atoms with van der Waals surface area (Å²) >= 11 is 0. The molecule has 0 radical (unpaired) electrons. The van der Waals surface area contributed by atoms with Crippen LogP contribution in [0.4, 0.5) is 0 Å². The number of imidazole rings is 1. The highest BCUT2D eigenvalue weighted by Gasteiger charge is 2.35. The molecule has 0 aliphatic carbocycles. The highest BCUT2D eigenvalue weighted by Crippen LogP contribution is 2.26. The summed E-state index contributed by atoms with van der Waals surface area (Å²) < 4.78 is 13.4. The maximum atomic E-state index is 12.8. The van der Waals surface area contributed by atoms with Crippen LogP contribution in [0.2, 0.25) is 0 Å². The third kappa shape index (κ3) is 4.46. The number of hydrogen-bond acceptors (Lipinski definition) is 6. The Morgan fingerprint density at radius 2 is 1.87 bits per heavy atom. The number of aryl methyl sites for hydroxylation is 1. The molecule has 1 aromatic carbocycles. The lowest BCUT2D eigenvalue weighted by molar-refractivity contribution is -0.149. The summed E-state index contributed by atoms with van der Waals surface area (Å²) in [4.78, 5) is 38.3. The van der Waals surface area contributed by atoms with Crippen molar-refractivity contribution in [3.8, 4) is 11.8 Å². The van der Waals surface area contributed by atoms with E-state index in [2.05, 4.69) is 11.8 Å². The zero-order chi connectivity index (χ0) is 21.7. The number of hydrogen-bond donors (Lipinski definition) is 1. The molecule has 1 saturated heterocycles. The van der Waals surface area contributed by atoms with Crippen molar-refractivity contribution >= 4 is 22.8 Å². The van der Waals surface area contributed by atoms with E-state index in [1.165, 1.54) is 16.2 Å².